The lowest BCUT2D eigenvalue weighted by molar-refractivity contribution is -0.849. The Hall–Kier alpha value is -0.0800. The molecular weight excluding hydrogens is 100 g/mol. The Morgan fingerprint density at radius 3 is 0.875 bits per heavy atom. The molecule has 0 saturated carbocycles. The van der Waals surface area contributed by atoms with Gasteiger partial charge in [0.15, 0.2) is 0 Å². The van der Waals surface area contributed by atoms with Crippen molar-refractivity contribution in [3.8, 4) is 0 Å². The highest BCUT2D eigenvalue weighted by Gasteiger charge is 1.88. The molecule has 0 radical (unpaired) electrons. The third-order valence-electron chi connectivity index (χ3n) is 0. The number of hydrogen-bond acceptors (Lipinski definition) is 1. The highest BCUT2D eigenvalue weighted by Crippen LogP contribution is 1.73. The summed E-state index contributed by atoms with van der Waals surface area (Å²) < 4.78 is 1.00. The van der Waals surface area contributed by atoms with Gasteiger partial charge in [-0.3, -0.25) is 0 Å². The molecule has 0 aliphatic carbocycles. The van der Waals surface area contributed by atoms with Crippen LogP contribution < -0.4 is 5.32 Å². The first kappa shape index (κ1) is 10.8. The predicted octanol–water partition coefficient (Wildman–Crippen LogP) is 0.158. The normalized spacial score (nSPS) is 9.75. The number of nitrogens with zero attached hydrogens (tertiary/aromatic N) is 1. The first-order valence-corrected chi connectivity index (χ1v) is 2.79. The van der Waals surface area contributed by atoms with Gasteiger partial charge in [-0.1, -0.05) is 0 Å². The van der Waals surface area contributed by atoms with Crippen molar-refractivity contribution < 1.29 is 4.48 Å². The summed E-state index contributed by atoms with van der Waals surface area (Å²) in [4.78, 5) is 0. The molecule has 0 fully saturated rings. The van der Waals surface area contributed by atoms with Gasteiger partial charge in [0.1, 0.15) is 0 Å². The lowest BCUT2D eigenvalue weighted by atomic mass is 10.8. The molecule has 2 heteroatoms. The quantitative estimate of drug-likeness (QED) is 0.448. The van der Waals surface area contributed by atoms with Gasteiger partial charge in [0.05, 0.1) is 28.2 Å². The van der Waals surface area contributed by atoms with E-state index in [0.717, 1.165) is 4.48 Å². The van der Waals surface area contributed by atoms with Gasteiger partial charge in [-0.25, -0.2) is 0 Å². The molecule has 0 aliphatic rings. The molecule has 0 aromatic carbocycles. The topological polar surface area (TPSA) is 12.0 Å². The van der Waals surface area contributed by atoms with Crippen molar-refractivity contribution in [2.75, 3.05) is 42.3 Å². The van der Waals surface area contributed by atoms with Gasteiger partial charge >= 0.3 is 0 Å². The van der Waals surface area contributed by atoms with E-state index in [1.165, 1.54) is 0 Å². The maximum absolute atomic E-state index is 2.75. The zero-order valence-electron chi connectivity index (χ0n) is 6.95. The van der Waals surface area contributed by atoms with E-state index in [2.05, 4.69) is 33.5 Å². The monoisotopic (exact) mass is 119 g/mol. The van der Waals surface area contributed by atoms with Gasteiger partial charge in [-0.15, -0.1) is 0 Å². The zero-order chi connectivity index (χ0) is 7.21. The largest absolute Gasteiger partial charge is 0.333 e. The van der Waals surface area contributed by atoms with E-state index in [0.29, 0.717) is 0 Å². The van der Waals surface area contributed by atoms with E-state index < -0.39 is 0 Å². The van der Waals surface area contributed by atoms with Crippen molar-refractivity contribution in [1.29, 1.82) is 0 Å². The van der Waals surface area contributed by atoms with E-state index in [1.54, 1.807) is 0 Å². The van der Waals surface area contributed by atoms with Crippen LogP contribution in [0.4, 0.5) is 0 Å². The minimum atomic E-state index is 1.00. The molecule has 52 valence electrons. The van der Waals surface area contributed by atoms with Crippen molar-refractivity contribution >= 4 is 0 Å². The third kappa shape index (κ3) is 22400. The summed E-state index contributed by atoms with van der Waals surface area (Å²) in [5, 5.41) is 2.75. The van der Waals surface area contributed by atoms with Crippen LogP contribution in [0.25, 0.3) is 0 Å². The number of hydrogen-bond donors (Lipinski definition) is 1. The summed E-state index contributed by atoms with van der Waals surface area (Å²) in [6.07, 6.45) is 0. The molecule has 0 aliphatic heterocycles. The Balaban J connectivity index is 0. The van der Waals surface area contributed by atoms with E-state index >= 15 is 0 Å². The number of rotatable bonds is 0. The third-order valence-corrected chi connectivity index (χ3v) is 0. The summed E-state index contributed by atoms with van der Waals surface area (Å²) in [6.45, 7) is 0. The minimum absolute atomic E-state index is 1.00. The molecule has 0 aromatic heterocycles. The van der Waals surface area contributed by atoms with Crippen LogP contribution in [0.2, 0.25) is 0 Å². The Morgan fingerprint density at radius 1 is 0.875 bits per heavy atom. The van der Waals surface area contributed by atoms with Crippen LogP contribution in [0.5, 0.6) is 0 Å². The fraction of sp³-hybridized carbons (Fsp3) is 1.00. The Kier molecular flexibility index (Phi) is 6.85. The average molecular weight is 119 g/mol. The van der Waals surface area contributed by atoms with E-state index in [-0.39, 0.29) is 0 Å². The molecule has 0 amide bonds. The molecule has 0 rings (SSSR count). The van der Waals surface area contributed by atoms with Crippen molar-refractivity contribution in [1.82, 2.24) is 5.32 Å². The first-order chi connectivity index (χ1) is 3.41. The lowest BCUT2D eigenvalue weighted by Gasteiger charge is -2.14. The number of nitrogens with one attached hydrogen (secondary N) is 1. The molecule has 0 saturated heterocycles. The fourth-order valence-corrected chi connectivity index (χ4v) is 0. The maximum Gasteiger partial charge on any atom is 0.0675 e. The molecular formula is C6H19N2+. The first-order valence-electron chi connectivity index (χ1n) is 2.79. The standard InChI is InChI=1S/C4H12N.C2H7N/c1-5(2,3)4;1-3-2/h1-4H3;3H,1-2H3/q+1;. The van der Waals surface area contributed by atoms with Crippen LogP contribution in [0, 0.1) is 0 Å². The van der Waals surface area contributed by atoms with Gasteiger partial charge in [0, 0.05) is 0 Å². The molecule has 0 aromatic rings. The second kappa shape index (κ2) is 5.06. The smallest absolute Gasteiger partial charge is 0.0675 e. The van der Waals surface area contributed by atoms with E-state index in [4.69, 9.17) is 0 Å². The van der Waals surface area contributed by atoms with Crippen LogP contribution in [0.15, 0.2) is 0 Å². The Bertz CT molecular complexity index is 30.3. The fourth-order valence-electron chi connectivity index (χ4n) is 0. The van der Waals surface area contributed by atoms with Gasteiger partial charge in [-0.05, 0) is 14.1 Å². The second-order valence-corrected chi connectivity index (χ2v) is 3.18. The molecule has 0 atom stereocenters. The summed E-state index contributed by atoms with van der Waals surface area (Å²) in [5.74, 6) is 0. The van der Waals surface area contributed by atoms with Gasteiger partial charge in [0.2, 0.25) is 0 Å². The van der Waals surface area contributed by atoms with Crippen LogP contribution in [-0.2, 0) is 0 Å². The van der Waals surface area contributed by atoms with Gasteiger partial charge in [-0.2, -0.15) is 0 Å². The summed E-state index contributed by atoms with van der Waals surface area (Å²) in [5.41, 5.74) is 0. The summed E-state index contributed by atoms with van der Waals surface area (Å²) in [6, 6.07) is 0. The Morgan fingerprint density at radius 2 is 0.875 bits per heavy atom. The van der Waals surface area contributed by atoms with Crippen molar-refractivity contribution in [3.63, 3.8) is 0 Å². The van der Waals surface area contributed by atoms with E-state index in [1.807, 2.05) is 14.1 Å². The Labute approximate surface area is 53.1 Å². The van der Waals surface area contributed by atoms with Crippen molar-refractivity contribution in [2.45, 2.75) is 0 Å². The minimum Gasteiger partial charge on any atom is -0.333 e. The highest BCUT2D eigenvalue weighted by molar-refractivity contribution is 3.91. The van der Waals surface area contributed by atoms with Gasteiger partial charge in [0.25, 0.3) is 0 Å². The molecule has 8 heavy (non-hydrogen) atoms. The summed E-state index contributed by atoms with van der Waals surface area (Å²) in [7, 11) is 12.2. The van der Waals surface area contributed by atoms with Crippen LogP contribution in [-0.4, -0.2) is 46.8 Å². The average Bonchev–Trinajstić information content (AvgIpc) is 1.27. The molecule has 0 heterocycles. The van der Waals surface area contributed by atoms with Crippen molar-refractivity contribution in [3.05, 3.63) is 0 Å². The summed E-state index contributed by atoms with van der Waals surface area (Å²) >= 11 is 0. The van der Waals surface area contributed by atoms with E-state index in [9.17, 15) is 0 Å². The second-order valence-electron chi connectivity index (χ2n) is 3.18. The highest BCUT2D eigenvalue weighted by atomic mass is 15.2. The molecule has 2 nitrogen and oxygen atoms in total. The SMILES string of the molecule is CNC.C[N+](C)(C)C. The maximum atomic E-state index is 2.75. The van der Waals surface area contributed by atoms with Crippen LogP contribution >= 0.6 is 0 Å². The van der Waals surface area contributed by atoms with Gasteiger partial charge < -0.3 is 9.80 Å². The molecule has 0 bridgehead atoms. The molecule has 1 N–H and O–H groups in total. The number of quaternary nitrogens is 1. The lowest BCUT2D eigenvalue weighted by Crippen LogP contribution is -2.27. The zero-order valence-corrected chi connectivity index (χ0v) is 6.95. The molecule has 0 spiro atoms. The van der Waals surface area contributed by atoms with Crippen LogP contribution in [0.3, 0.4) is 0 Å². The molecule has 0 unspecified atom stereocenters. The van der Waals surface area contributed by atoms with Crippen LogP contribution in [0.1, 0.15) is 0 Å². The predicted molar refractivity (Wildman–Crippen MR) is 38.9 cm³/mol. The van der Waals surface area contributed by atoms with Crippen molar-refractivity contribution in [2.24, 2.45) is 0 Å².